The number of nitrogens with zero attached hydrogens (tertiary/aromatic N) is 3. The molecule has 0 atom stereocenters. The van der Waals surface area contributed by atoms with E-state index in [2.05, 4.69) is 10.3 Å². The number of hydrogen-bond donors (Lipinski definition) is 1. The Hall–Kier alpha value is -3.69. The lowest BCUT2D eigenvalue weighted by Crippen LogP contribution is -2.22. The predicted molar refractivity (Wildman–Crippen MR) is 93.7 cm³/mol. The number of amides is 1. The number of esters is 1. The van der Waals surface area contributed by atoms with Gasteiger partial charge in [0, 0.05) is 18.7 Å². The molecule has 1 aromatic carbocycles. The van der Waals surface area contributed by atoms with Crippen LogP contribution in [0.15, 0.2) is 34.9 Å². The van der Waals surface area contributed by atoms with Crippen LogP contribution in [0.4, 0.5) is 4.39 Å². The lowest BCUT2D eigenvalue weighted by molar-refractivity contribution is -0.121. The Morgan fingerprint density at radius 1 is 1.29 bits per heavy atom. The van der Waals surface area contributed by atoms with Gasteiger partial charge in [-0.25, -0.2) is 9.18 Å². The van der Waals surface area contributed by atoms with E-state index in [1.165, 1.54) is 29.9 Å². The van der Waals surface area contributed by atoms with E-state index < -0.39 is 18.5 Å². The SMILES string of the molecule is Cc1onc(-c2ccc(F)cc2)c1COc1cc(C(=O)OCC(N)=O)n(C)n1. The number of hydrogen-bond acceptors (Lipinski definition) is 7. The summed E-state index contributed by atoms with van der Waals surface area (Å²) in [6.45, 7) is 1.26. The van der Waals surface area contributed by atoms with Gasteiger partial charge in [0.25, 0.3) is 5.91 Å². The van der Waals surface area contributed by atoms with Gasteiger partial charge < -0.3 is 19.7 Å². The molecule has 0 spiro atoms. The fraction of sp³-hybridized carbons (Fsp3) is 0.222. The summed E-state index contributed by atoms with van der Waals surface area (Å²) in [4.78, 5) is 22.7. The van der Waals surface area contributed by atoms with Crippen molar-refractivity contribution in [3.05, 3.63) is 53.2 Å². The number of benzene rings is 1. The van der Waals surface area contributed by atoms with Gasteiger partial charge in [-0.1, -0.05) is 5.16 Å². The second kappa shape index (κ2) is 7.91. The molecule has 28 heavy (non-hydrogen) atoms. The highest BCUT2D eigenvalue weighted by molar-refractivity contribution is 5.89. The maximum absolute atomic E-state index is 13.1. The second-order valence-electron chi connectivity index (χ2n) is 5.90. The Bertz CT molecular complexity index is 1010. The maximum atomic E-state index is 13.1. The van der Waals surface area contributed by atoms with Crippen LogP contribution in [-0.2, 0) is 23.2 Å². The highest BCUT2D eigenvalue weighted by atomic mass is 19.1. The van der Waals surface area contributed by atoms with Gasteiger partial charge in [-0.15, -0.1) is 5.10 Å². The molecule has 0 fully saturated rings. The second-order valence-corrected chi connectivity index (χ2v) is 5.90. The van der Waals surface area contributed by atoms with Crippen molar-refractivity contribution in [2.45, 2.75) is 13.5 Å². The van der Waals surface area contributed by atoms with E-state index in [-0.39, 0.29) is 24.0 Å². The summed E-state index contributed by atoms with van der Waals surface area (Å²) < 4.78 is 30.0. The minimum Gasteiger partial charge on any atom is -0.471 e. The van der Waals surface area contributed by atoms with Gasteiger partial charge in [-0.05, 0) is 31.2 Å². The molecular formula is C18H17FN4O5. The minimum absolute atomic E-state index is 0.0643. The first-order valence-corrected chi connectivity index (χ1v) is 8.18. The summed E-state index contributed by atoms with van der Waals surface area (Å²) in [5.74, 6) is -1.17. The molecule has 3 rings (SSSR count). The standard InChI is InChI=1S/C18H17FN4O5/c1-10-13(17(22-28-10)11-3-5-12(19)6-4-11)8-26-16-7-14(23(2)21-16)18(25)27-9-15(20)24/h3-7H,8-9H2,1-2H3,(H2,20,24). The minimum atomic E-state index is -0.761. The zero-order valence-electron chi connectivity index (χ0n) is 15.1. The fourth-order valence-corrected chi connectivity index (χ4v) is 2.45. The topological polar surface area (TPSA) is 122 Å². The zero-order valence-corrected chi connectivity index (χ0v) is 15.1. The summed E-state index contributed by atoms with van der Waals surface area (Å²) in [6.07, 6.45) is 0. The third-order valence-electron chi connectivity index (χ3n) is 3.88. The van der Waals surface area contributed by atoms with E-state index in [4.69, 9.17) is 19.7 Å². The number of halogens is 1. The average Bonchev–Trinajstić information content (AvgIpc) is 3.21. The average molecular weight is 388 g/mol. The van der Waals surface area contributed by atoms with E-state index in [9.17, 15) is 14.0 Å². The molecule has 2 heterocycles. The first-order chi connectivity index (χ1) is 13.3. The number of carbonyl (C=O) groups excluding carboxylic acids is 2. The number of primary amides is 1. The van der Waals surface area contributed by atoms with E-state index in [0.717, 1.165) is 0 Å². The molecule has 0 radical (unpaired) electrons. The highest BCUT2D eigenvalue weighted by Gasteiger charge is 2.19. The monoisotopic (exact) mass is 388 g/mol. The lowest BCUT2D eigenvalue weighted by Gasteiger charge is -2.04. The van der Waals surface area contributed by atoms with Gasteiger partial charge >= 0.3 is 5.97 Å². The lowest BCUT2D eigenvalue weighted by atomic mass is 10.1. The van der Waals surface area contributed by atoms with E-state index >= 15 is 0 Å². The molecule has 0 saturated carbocycles. The van der Waals surface area contributed by atoms with Crippen LogP contribution >= 0.6 is 0 Å². The third kappa shape index (κ3) is 4.17. The van der Waals surface area contributed by atoms with Crippen molar-refractivity contribution < 1.29 is 28.0 Å². The molecule has 0 aliphatic rings. The van der Waals surface area contributed by atoms with Crippen LogP contribution in [0, 0.1) is 12.7 Å². The van der Waals surface area contributed by atoms with Crippen LogP contribution in [0.5, 0.6) is 5.88 Å². The Balaban J connectivity index is 1.74. The molecule has 10 heteroatoms. The maximum Gasteiger partial charge on any atom is 0.357 e. The van der Waals surface area contributed by atoms with Gasteiger partial charge in [-0.2, -0.15) is 0 Å². The number of aryl methyl sites for hydroxylation is 2. The van der Waals surface area contributed by atoms with Crippen molar-refractivity contribution in [3.63, 3.8) is 0 Å². The normalized spacial score (nSPS) is 10.7. The Morgan fingerprint density at radius 2 is 2.00 bits per heavy atom. The number of aromatic nitrogens is 3. The molecule has 1 amide bonds. The number of rotatable bonds is 7. The number of carbonyl (C=O) groups is 2. The predicted octanol–water partition coefficient (Wildman–Crippen LogP) is 1.74. The van der Waals surface area contributed by atoms with Gasteiger partial charge in [0.05, 0.1) is 5.56 Å². The smallest absolute Gasteiger partial charge is 0.357 e. The summed E-state index contributed by atoms with van der Waals surface area (Å²) in [7, 11) is 1.53. The molecule has 2 aromatic heterocycles. The van der Waals surface area contributed by atoms with Crippen LogP contribution in [0.25, 0.3) is 11.3 Å². The van der Waals surface area contributed by atoms with Gasteiger partial charge in [-0.3, -0.25) is 9.48 Å². The summed E-state index contributed by atoms with van der Waals surface area (Å²) in [5.41, 5.74) is 6.90. The molecule has 3 aromatic rings. The third-order valence-corrected chi connectivity index (χ3v) is 3.88. The van der Waals surface area contributed by atoms with Crippen LogP contribution in [0.2, 0.25) is 0 Å². The summed E-state index contributed by atoms with van der Waals surface area (Å²) in [5, 5.41) is 8.08. The highest BCUT2D eigenvalue weighted by Crippen LogP contribution is 2.26. The van der Waals surface area contributed by atoms with E-state index in [1.54, 1.807) is 19.1 Å². The first-order valence-electron chi connectivity index (χ1n) is 8.18. The van der Waals surface area contributed by atoms with Crippen molar-refractivity contribution in [2.24, 2.45) is 12.8 Å². The molecule has 2 N–H and O–H groups in total. The van der Waals surface area contributed by atoms with Crippen molar-refractivity contribution in [1.82, 2.24) is 14.9 Å². The van der Waals surface area contributed by atoms with Crippen LogP contribution in [0.1, 0.15) is 21.8 Å². The fourth-order valence-electron chi connectivity index (χ4n) is 2.45. The van der Waals surface area contributed by atoms with Crippen molar-refractivity contribution >= 4 is 11.9 Å². The molecule has 9 nitrogen and oxygen atoms in total. The van der Waals surface area contributed by atoms with Crippen molar-refractivity contribution in [2.75, 3.05) is 6.61 Å². The van der Waals surface area contributed by atoms with Gasteiger partial charge in [0.15, 0.2) is 6.61 Å². The number of ether oxygens (including phenoxy) is 2. The molecule has 0 unspecified atom stereocenters. The largest absolute Gasteiger partial charge is 0.471 e. The zero-order chi connectivity index (χ0) is 20.3. The van der Waals surface area contributed by atoms with E-state index in [0.29, 0.717) is 22.6 Å². The Kier molecular flexibility index (Phi) is 5.39. The Labute approximate surface area is 158 Å². The van der Waals surface area contributed by atoms with Crippen LogP contribution in [-0.4, -0.2) is 33.4 Å². The van der Waals surface area contributed by atoms with Gasteiger partial charge in [0.2, 0.25) is 5.88 Å². The molecule has 0 aliphatic carbocycles. The molecular weight excluding hydrogens is 371 g/mol. The summed E-state index contributed by atoms with van der Waals surface area (Å²) >= 11 is 0. The molecule has 0 aliphatic heterocycles. The quantitative estimate of drug-likeness (QED) is 0.612. The summed E-state index contributed by atoms with van der Waals surface area (Å²) in [6, 6.07) is 7.20. The van der Waals surface area contributed by atoms with Crippen molar-refractivity contribution in [1.29, 1.82) is 0 Å². The molecule has 146 valence electrons. The number of nitrogens with two attached hydrogens (primary N) is 1. The molecule has 0 bridgehead atoms. The molecule has 0 saturated heterocycles. The van der Waals surface area contributed by atoms with Crippen molar-refractivity contribution in [3.8, 4) is 17.1 Å². The van der Waals surface area contributed by atoms with Crippen LogP contribution < -0.4 is 10.5 Å². The Morgan fingerprint density at radius 3 is 2.68 bits per heavy atom. The van der Waals surface area contributed by atoms with Gasteiger partial charge in [0.1, 0.15) is 29.6 Å². The first kappa shape index (κ1) is 19.1. The van der Waals surface area contributed by atoms with E-state index in [1.807, 2.05) is 0 Å². The van der Waals surface area contributed by atoms with Crippen LogP contribution in [0.3, 0.4) is 0 Å².